The smallest absolute Gasteiger partial charge is 0.258 e. The lowest BCUT2D eigenvalue weighted by molar-refractivity contribution is -0.385. The van der Waals surface area contributed by atoms with Crippen molar-refractivity contribution in [1.82, 2.24) is 0 Å². The average molecular weight is 379 g/mol. The summed E-state index contributed by atoms with van der Waals surface area (Å²) in [4.78, 5) is 9.43. The zero-order chi connectivity index (χ0) is 11.8. The van der Waals surface area contributed by atoms with E-state index in [2.05, 4.69) is 31.9 Å². The number of hydrogen-bond donors (Lipinski definition) is 0. The van der Waals surface area contributed by atoms with E-state index in [9.17, 15) is 18.5 Å². The van der Waals surface area contributed by atoms with E-state index in [0.29, 0.717) is 0 Å². The highest BCUT2D eigenvalue weighted by atomic mass is 79.9. The number of hydrogen-bond acceptors (Lipinski definition) is 4. The first-order valence-electron chi connectivity index (χ1n) is 3.31. The van der Waals surface area contributed by atoms with Crippen LogP contribution < -0.4 is 0 Å². The van der Waals surface area contributed by atoms with Gasteiger partial charge >= 0.3 is 0 Å². The molecule has 0 aliphatic rings. The zero-order valence-corrected chi connectivity index (χ0v) is 11.5. The van der Waals surface area contributed by atoms with Crippen LogP contribution in [-0.4, -0.2) is 13.3 Å². The molecule has 9 heteroatoms. The summed E-state index contributed by atoms with van der Waals surface area (Å²) >= 11 is 5.95. The van der Waals surface area contributed by atoms with Gasteiger partial charge in [0.05, 0.1) is 9.40 Å². The first-order valence-corrected chi connectivity index (χ1v) is 7.21. The highest BCUT2D eigenvalue weighted by molar-refractivity contribution is 9.13. The van der Waals surface area contributed by atoms with Crippen LogP contribution in [0.2, 0.25) is 0 Å². The van der Waals surface area contributed by atoms with Crippen LogP contribution in [0.15, 0.2) is 26.0 Å². The van der Waals surface area contributed by atoms with Crippen LogP contribution >= 0.6 is 42.5 Å². The summed E-state index contributed by atoms with van der Waals surface area (Å²) in [6.45, 7) is 0. The minimum Gasteiger partial charge on any atom is -0.258 e. The summed E-state index contributed by atoms with van der Waals surface area (Å²) in [5.74, 6) is 0. The Bertz CT molecular complexity index is 530. The quantitative estimate of drug-likeness (QED) is 0.450. The fraction of sp³-hybridized carbons (Fsp3) is 0. The molecule has 5 nitrogen and oxygen atoms in total. The largest absolute Gasteiger partial charge is 0.271 e. The lowest BCUT2D eigenvalue weighted by Gasteiger charge is -2.02. The third kappa shape index (κ3) is 2.90. The van der Waals surface area contributed by atoms with E-state index in [-0.39, 0.29) is 19.5 Å². The summed E-state index contributed by atoms with van der Waals surface area (Å²) < 4.78 is 22.5. The molecule has 0 spiro atoms. The molecule has 0 saturated heterocycles. The predicted octanol–water partition coefficient (Wildman–Crippen LogP) is 3.05. The van der Waals surface area contributed by atoms with E-state index in [4.69, 9.17) is 10.7 Å². The lowest BCUT2D eigenvalue weighted by atomic mass is 10.3. The van der Waals surface area contributed by atoms with Crippen molar-refractivity contribution in [2.45, 2.75) is 4.90 Å². The number of nitrogens with zero attached hydrogens (tertiary/aromatic N) is 1. The Morgan fingerprint density at radius 3 is 2.27 bits per heavy atom. The van der Waals surface area contributed by atoms with E-state index in [1.807, 2.05) is 0 Å². The summed E-state index contributed by atoms with van der Waals surface area (Å²) in [5.41, 5.74) is -0.357. The average Bonchev–Trinajstić information content (AvgIpc) is 2.06. The van der Waals surface area contributed by atoms with Crippen LogP contribution in [-0.2, 0) is 9.05 Å². The van der Waals surface area contributed by atoms with Crippen LogP contribution in [0.4, 0.5) is 5.69 Å². The number of halogens is 3. The summed E-state index contributed by atoms with van der Waals surface area (Å²) in [6.07, 6.45) is 0. The SMILES string of the molecule is O=[N+]([O-])c1cc(Br)c(Br)c(S(=O)(=O)Cl)c1. The number of non-ortho nitro benzene ring substituents is 1. The minimum atomic E-state index is -4.02. The highest BCUT2D eigenvalue weighted by Crippen LogP contribution is 2.35. The molecule has 0 bridgehead atoms. The van der Waals surface area contributed by atoms with Crippen molar-refractivity contribution in [1.29, 1.82) is 0 Å². The maximum absolute atomic E-state index is 11.1. The first kappa shape index (κ1) is 12.9. The highest BCUT2D eigenvalue weighted by Gasteiger charge is 2.21. The minimum absolute atomic E-state index is 0.156. The van der Waals surface area contributed by atoms with Crippen LogP contribution in [0.1, 0.15) is 0 Å². The van der Waals surface area contributed by atoms with E-state index in [1.165, 1.54) is 6.07 Å². The molecule has 1 rings (SSSR count). The molecule has 1 aromatic carbocycles. The molecule has 0 aliphatic carbocycles. The molecule has 0 saturated carbocycles. The van der Waals surface area contributed by atoms with Gasteiger partial charge in [-0.05, 0) is 31.9 Å². The molecule has 15 heavy (non-hydrogen) atoms. The maximum Gasteiger partial charge on any atom is 0.271 e. The van der Waals surface area contributed by atoms with Gasteiger partial charge in [0.1, 0.15) is 4.90 Å². The Kier molecular flexibility index (Phi) is 3.75. The molecule has 0 aromatic heterocycles. The summed E-state index contributed by atoms with van der Waals surface area (Å²) in [5, 5.41) is 10.5. The van der Waals surface area contributed by atoms with Crippen molar-refractivity contribution < 1.29 is 13.3 Å². The van der Waals surface area contributed by atoms with Crippen molar-refractivity contribution in [3.63, 3.8) is 0 Å². The van der Waals surface area contributed by atoms with Crippen molar-refractivity contribution in [2.75, 3.05) is 0 Å². The van der Waals surface area contributed by atoms with Crippen LogP contribution in [0.5, 0.6) is 0 Å². The number of nitro groups is 1. The Morgan fingerprint density at radius 2 is 1.87 bits per heavy atom. The fourth-order valence-electron chi connectivity index (χ4n) is 0.833. The Balaban J connectivity index is 3.59. The van der Waals surface area contributed by atoms with Gasteiger partial charge < -0.3 is 0 Å². The number of rotatable bonds is 2. The third-order valence-corrected chi connectivity index (χ3v) is 5.07. The lowest BCUT2D eigenvalue weighted by Crippen LogP contribution is -1.96. The Morgan fingerprint density at radius 1 is 1.33 bits per heavy atom. The van der Waals surface area contributed by atoms with E-state index in [0.717, 1.165) is 6.07 Å². The van der Waals surface area contributed by atoms with Crippen molar-refractivity contribution in [2.24, 2.45) is 0 Å². The van der Waals surface area contributed by atoms with Crippen molar-refractivity contribution >= 4 is 57.3 Å². The maximum atomic E-state index is 11.1. The molecule has 0 atom stereocenters. The van der Waals surface area contributed by atoms with Crippen molar-refractivity contribution in [3.8, 4) is 0 Å². The summed E-state index contributed by atoms with van der Waals surface area (Å²) in [7, 11) is 1.09. The Labute approximate surface area is 106 Å². The third-order valence-electron chi connectivity index (χ3n) is 1.45. The standard InChI is InChI=1S/C6H2Br2ClNO4S/c7-4-1-3(10(11)12)2-5(6(4)8)15(9,13)14/h1-2H. The normalized spacial score (nSPS) is 11.4. The second-order valence-corrected chi connectivity index (χ2v) is 6.62. The number of benzene rings is 1. The monoisotopic (exact) mass is 377 g/mol. The van der Waals surface area contributed by atoms with E-state index in [1.54, 1.807) is 0 Å². The molecule has 0 aliphatic heterocycles. The molecule has 1 aromatic rings. The van der Waals surface area contributed by atoms with Gasteiger partial charge in [0, 0.05) is 27.3 Å². The molecule has 82 valence electrons. The molecule has 0 N–H and O–H groups in total. The van der Waals surface area contributed by atoms with Gasteiger partial charge in [-0.3, -0.25) is 10.1 Å². The second-order valence-electron chi connectivity index (χ2n) is 2.43. The summed E-state index contributed by atoms with van der Waals surface area (Å²) in [6, 6.07) is 2.06. The van der Waals surface area contributed by atoms with Gasteiger partial charge in [-0.25, -0.2) is 8.42 Å². The van der Waals surface area contributed by atoms with Crippen LogP contribution in [0, 0.1) is 10.1 Å². The molecule has 0 unspecified atom stereocenters. The van der Waals surface area contributed by atoms with Gasteiger partial charge in [0.15, 0.2) is 0 Å². The van der Waals surface area contributed by atoms with Gasteiger partial charge in [0.2, 0.25) is 0 Å². The Hall–Kier alpha value is -0.180. The molecule has 0 heterocycles. The number of nitro benzene ring substituents is 1. The van der Waals surface area contributed by atoms with Gasteiger partial charge in [0.25, 0.3) is 14.7 Å². The molecule has 0 radical (unpaired) electrons. The van der Waals surface area contributed by atoms with E-state index >= 15 is 0 Å². The molecule has 0 fully saturated rings. The first-order chi connectivity index (χ1) is 6.73. The molecular weight excluding hydrogens is 377 g/mol. The van der Waals surface area contributed by atoms with Gasteiger partial charge in [-0.2, -0.15) is 0 Å². The topological polar surface area (TPSA) is 77.3 Å². The van der Waals surface area contributed by atoms with Crippen molar-refractivity contribution in [3.05, 3.63) is 31.2 Å². The fourth-order valence-corrected chi connectivity index (χ4v) is 3.51. The van der Waals surface area contributed by atoms with Gasteiger partial charge in [-0.15, -0.1) is 0 Å². The zero-order valence-electron chi connectivity index (χ0n) is 6.78. The van der Waals surface area contributed by atoms with Gasteiger partial charge in [-0.1, -0.05) is 0 Å². The van der Waals surface area contributed by atoms with E-state index < -0.39 is 14.0 Å². The van der Waals surface area contributed by atoms with Crippen LogP contribution in [0.3, 0.4) is 0 Å². The predicted molar refractivity (Wildman–Crippen MR) is 61.5 cm³/mol. The molecular formula is C6H2Br2ClNO4S. The van der Waals surface area contributed by atoms with Crippen LogP contribution in [0.25, 0.3) is 0 Å². The second kappa shape index (κ2) is 4.36. The molecule has 0 amide bonds.